The van der Waals surface area contributed by atoms with Crippen LogP contribution in [0.4, 0.5) is 10.2 Å². The van der Waals surface area contributed by atoms with E-state index in [4.69, 9.17) is 11.6 Å². The molecule has 0 saturated carbocycles. The van der Waals surface area contributed by atoms with Gasteiger partial charge in [-0.15, -0.1) is 0 Å². The average Bonchev–Trinajstić information content (AvgIpc) is 3.40. The lowest BCUT2D eigenvalue weighted by atomic mass is 10.2. The fourth-order valence-electron chi connectivity index (χ4n) is 3.02. The second-order valence-electron chi connectivity index (χ2n) is 6.97. The molecular formula is C20H18BrClFN7O. The maximum Gasteiger partial charge on any atom is 0.277 e. The summed E-state index contributed by atoms with van der Waals surface area (Å²) in [6.07, 6.45) is 3.30. The van der Waals surface area contributed by atoms with Gasteiger partial charge in [-0.05, 0) is 53.5 Å². The number of nitrogens with one attached hydrogen (secondary N) is 1. The minimum absolute atomic E-state index is 0.227. The fraction of sp³-hybridized carbons (Fsp3) is 0.200. The molecule has 0 atom stereocenters. The third-order valence-corrected chi connectivity index (χ3v) is 6.08. The van der Waals surface area contributed by atoms with E-state index in [1.807, 2.05) is 13.8 Å². The van der Waals surface area contributed by atoms with E-state index in [0.29, 0.717) is 18.2 Å². The van der Waals surface area contributed by atoms with Crippen molar-refractivity contribution in [1.29, 1.82) is 0 Å². The second kappa shape index (κ2) is 8.64. The van der Waals surface area contributed by atoms with Crippen molar-refractivity contribution in [2.45, 2.75) is 27.1 Å². The quantitative estimate of drug-likeness (QED) is 0.424. The van der Waals surface area contributed by atoms with Gasteiger partial charge in [0.1, 0.15) is 17.5 Å². The number of benzene rings is 1. The Bertz CT molecular complexity index is 1250. The highest BCUT2D eigenvalue weighted by atomic mass is 79.9. The van der Waals surface area contributed by atoms with Gasteiger partial charge in [0.05, 0.1) is 22.4 Å². The zero-order valence-corrected chi connectivity index (χ0v) is 19.0. The van der Waals surface area contributed by atoms with Gasteiger partial charge in [0.15, 0.2) is 11.5 Å². The predicted octanol–water partition coefficient (Wildman–Crippen LogP) is 4.25. The van der Waals surface area contributed by atoms with Crippen molar-refractivity contribution in [3.63, 3.8) is 0 Å². The van der Waals surface area contributed by atoms with Crippen LogP contribution in [0.2, 0.25) is 5.02 Å². The summed E-state index contributed by atoms with van der Waals surface area (Å²) < 4.78 is 19.0. The number of carbonyl (C=O) groups is 1. The van der Waals surface area contributed by atoms with Gasteiger partial charge in [-0.3, -0.25) is 14.2 Å². The number of amides is 1. The van der Waals surface area contributed by atoms with Gasteiger partial charge in [-0.25, -0.2) is 9.07 Å². The number of rotatable bonds is 6. The number of aryl methyl sites for hydroxylation is 1. The van der Waals surface area contributed by atoms with Gasteiger partial charge in [-0.1, -0.05) is 23.7 Å². The number of anilines is 1. The molecule has 1 aromatic carbocycles. The fourth-order valence-corrected chi connectivity index (χ4v) is 3.50. The van der Waals surface area contributed by atoms with Crippen LogP contribution in [0.5, 0.6) is 0 Å². The minimum atomic E-state index is -0.428. The Labute approximate surface area is 190 Å². The summed E-state index contributed by atoms with van der Waals surface area (Å²) >= 11 is 9.71. The molecule has 4 rings (SSSR count). The van der Waals surface area contributed by atoms with Gasteiger partial charge in [-0.2, -0.15) is 15.3 Å². The molecule has 0 radical (unpaired) electrons. The van der Waals surface area contributed by atoms with Crippen LogP contribution in [0.25, 0.3) is 0 Å². The van der Waals surface area contributed by atoms with E-state index in [2.05, 4.69) is 36.5 Å². The van der Waals surface area contributed by atoms with Gasteiger partial charge < -0.3 is 5.32 Å². The number of halogens is 3. The number of carbonyl (C=O) groups excluding carboxylic acids is 1. The van der Waals surface area contributed by atoms with E-state index >= 15 is 0 Å². The van der Waals surface area contributed by atoms with Crippen LogP contribution >= 0.6 is 27.5 Å². The molecule has 0 aliphatic rings. The van der Waals surface area contributed by atoms with Crippen molar-refractivity contribution in [2.75, 3.05) is 5.32 Å². The van der Waals surface area contributed by atoms with Crippen molar-refractivity contribution < 1.29 is 9.18 Å². The molecule has 1 N–H and O–H groups in total. The lowest BCUT2D eigenvalue weighted by molar-refractivity contribution is 0.102. The Morgan fingerprint density at radius 1 is 1.13 bits per heavy atom. The minimum Gasteiger partial charge on any atom is -0.302 e. The summed E-state index contributed by atoms with van der Waals surface area (Å²) in [4.78, 5) is 12.6. The predicted molar refractivity (Wildman–Crippen MR) is 118 cm³/mol. The number of aromatic nitrogens is 6. The van der Waals surface area contributed by atoms with Crippen LogP contribution in [-0.4, -0.2) is 35.2 Å². The lowest BCUT2D eigenvalue weighted by Gasteiger charge is -2.04. The highest BCUT2D eigenvalue weighted by Crippen LogP contribution is 2.21. The largest absolute Gasteiger partial charge is 0.302 e. The Hall–Kier alpha value is -2.98. The third kappa shape index (κ3) is 4.70. The molecular weight excluding hydrogens is 489 g/mol. The van der Waals surface area contributed by atoms with Crippen molar-refractivity contribution in [2.24, 2.45) is 0 Å². The molecule has 31 heavy (non-hydrogen) atoms. The van der Waals surface area contributed by atoms with E-state index in [9.17, 15) is 9.18 Å². The molecule has 0 aliphatic carbocycles. The Kier molecular flexibility index (Phi) is 5.92. The molecule has 0 bridgehead atoms. The first-order chi connectivity index (χ1) is 14.8. The monoisotopic (exact) mass is 505 g/mol. The van der Waals surface area contributed by atoms with Gasteiger partial charge in [0, 0.05) is 12.4 Å². The van der Waals surface area contributed by atoms with Crippen molar-refractivity contribution in [1.82, 2.24) is 29.3 Å². The van der Waals surface area contributed by atoms with Crippen LogP contribution in [0.3, 0.4) is 0 Å². The van der Waals surface area contributed by atoms with Gasteiger partial charge in [0.25, 0.3) is 5.91 Å². The van der Waals surface area contributed by atoms with E-state index in [-0.39, 0.29) is 17.3 Å². The first kappa shape index (κ1) is 21.3. The van der Waals surface area contributed by atoms with Crippen LogP contribution in [0.1, 0.15) is 27.4 Å². The highest BCUT2D eigenvalue weighted by molar-refractivity contribution is 9.10. The molecule has 11 heteroatoms. The number of nitrogens with zero attached hydrogens (tertiary/aromatic N) is 6. The summed E-state index contributed by atoms with van der Waals surface area (Å²) in [5.41, 5.74) is 2.93. The van der Waals surface area contributed by atoms with E-state index in [1.165, 1.54) is 12.1 Å². The first-order valence-electron chi connectivity index (χ1n) is 9.32. The summed E-state index contributed by atoms with van der Waals surface area (Å²) in [5.74, 6) is -0.506. The summed E-state index contributed by atoms with van der Waals surface area (Å²) in [6.45, 7) is 4.63. The number of hydrogen-bond donors (Lipinski definition) is 1. The Morgan fingerprint density at radius 3 is 2.55 bits per heavy atom. The summed E-state index contributed by atoms with van der Waals surface area (Å²) in [6, 6.07) is 7.70. The van der Waals surface area contributed by atoms with Crippen LogP contribution in [0, 0.1) is 19.7 Å². The second-order valence-corrected chi connectivity index (χ2v) is 8.17. The zero-order valence-electron chi connectivity index (χ0n) is 16.7. The lowest BCUT2D eigenvalue weighted by Crippen LogP contribution is -2.16. The summed E-state index contributed by atoms with van der Waals surface area (Å²) in [5, 5.41) is 16.0. The molecule has 0 unspecified atom stereocenters. The summed E-state index contributed by atoms with van der Waals surface area (Å²) in [7, 11) is 0. The maximum atomic E-state index is 13.1. The van der Waals surface area contributed by atoms with Crippen LogP contribution in [0.15, 0.2) is 47.2 Å². The maximum absolute atomic E-state index is 13.1. The number of hydrogen-bond acceptors (Lipinski definition) is 4. The van der Waals surface area contributed by atoms with E-state index in [1.54, 1.807) is 44.6 Å². The zero-order chi connectivity index (χ0) is 22.1. The highest BCUT2D eigenvalue weighted by Gasteiger charge is 2.16. The standard InChI is InChI=1S/C20H18BrClFN7O/c1-12-18(21)13(2)30(25-12)11-28-8-7-17(26-28)20(31)24-19-16(22)10-29(27-19)9-14-3-5-15(23)6-4-14/h3-8,10H,9,11H2,1-2H3,(H,24,27,31). The molecule has 0 fully saturated rings. The normalized spacial score (nSPS) is 11.1. The van der Waals surface area contributed by atoms with E-state index < -0.39 is 5.91 Å². The average molecular weight is 507 g/mol. The Morgan fingerprint density at radius 2 is 1.87 bits per heavy atom. The van der Waals surface area contributed by atoms with Gasteiger partial charge in [0.2, 0.25) is 0 Å². The molecule has 3 heterocycles. The van der Waals surface area contributed by atoms with Crippen molar-refractivity contribution in [3.8, 4) is 0 Å². The topological polar surface area (TPSA) is 82.6 Å². The molecule has 4 aromatic rings. The molecule has 0 saturated heterocycles. The Balaban J connectivity index is 1.43. The molecule has 8 nitrogen and oxygen atoms in total. The molecule has 160 valence electrons. The molecule has 0 spiro atoms. The SMILES string of the molecule is Cc1nn(Cn2ccc(C(=O)Nc3nn(Cc4ccc(F)cc4)cc3Cl)n2)c(C)c1Br. The van der Waals surface area contributed by atoms with Gasteiger partial charge >= 0.3 is 0 Å². The van der Waals surface area contributed by atoms with Crippen molar-refractivity contribution >= 4 is 39.3 Å². The van der Waals surface area contributed by atoms with E-state index in [0.717, 1.165) is 21.4 Å². The van der Waals surface area contributed by atoms with Crippen LogP contribution < -0.4 is 5.32 Å². The first-order valence-corrected chi connectivity index (χ1v) is 10.5. The third-order valence-electron chi connectivity index (χ3n) is 4.65. The van der Waals surface area contributed by atoms with Crippen molar-refractivity contribution in [3.05, 3.63) is 80.7 Å². The molecule has 0 aliphatic heterocycles. The smallest absolute Gasteiger partial charge is 0.277 e. The molecule has 3 aromatic heterocycles. The molecule has 1 amide bonds. The van der Waals surface area contributed by atoms with Crippen LogP contribution in [-0.2, 0) is 13.2 Å².